The van der Waals surface area contributed by atoms with E-state index in [-0.39, 0.29) is 11.5 Å². The first kappa shape index (κ1) is 15.5. The predicted molar refractivity (Wildman–Crippen MR) is 90.9 cm³/mol. The summed E-state index contributed by atoms with van der Waals surface area (Å²) < 4.78 is 0. The molecular weight excluding hydrogens is 272 g/mol. The zero-order valence-electron chi connectivity index (χ0n) is 14.4. The van der Waals surface area contributed by atoms with Gasteiger partial charge in [0.05, 0.1) is 0 Å². The van der Waals surface area contributed by atoms with Crippen molar-refractivity contribution in [1.29, 1.82) is 0 Å². The van der Waals surface area contributed by atoms with Crippen LogP contribution in [-0.4, -0.2) is 10.2 Å². The summed E-state index contributed by atoms with van der Waals surface area (Å²) in [6.45, 7) is 10.8. The van der Waals surface area contributed by atoms with Gasteiger partial charge in [-0.15, -0.1) is 0 Å². The minimum absolute atomic E-state index is 0.1000. The summed E-state index contributed by atoms with van der Waals surface area (Å²) in [5, 5.41) is 21.0. The summed E-state index contributed by atoms with van der Waals surface area (Å²) in [7, 11) is 0. The van der Waals surface area contributed by atoms with Gasteiger partial charge in [-0.25, -0.2) is 0 Å². The van der Waals surface area contributed by atoms with Crippen molar-refractivity contribution in [2.45, 2.75) is 71.6 Å². The van der Waals surface area contributed by atoms with Crippen LogP contribution in [0, 0.1) is 12.8 Å². The topological polar surface area (TPSA) is 40.5 Å². The van der Waals surface area contributed by atoms with Gasteiger partial charge in [0.25, 0.3) is 0 Å². The van der Waals surface area contributed by atoms with Crippen molar-refractivity contribution in [2.75, 3.05) is 0 Å². The Bertz CT molecular complexity index is 638. The average molecular weight is 300 g/mol. The molecule has 120 valence electrons. The molecule has 3 rings (SSSR count). The van der Waals surface area contributed by atoms with Crippen LogP contribution in [0.15, 0.2) is 11.6 Å². The van der Waals surface area contributed by atoms with Gasteiger partial charge in [0, 0.05) is 11.5 Å². The maximum absolute atomic E-state index is 10.5. The molecular formula is C20H28O2. The SMILES string of the molecule is CC(C)=C[C@H]1C[C@H](C)[C@H]2CC[C@H](C)c3c(O)c(O)c(C)c1c32. The normalized spacial score (nSPS) is 29.9. The summed E-state index contributed by atoms with van der Waals surface area (Å²) >= 11 is 0. The Morgan fingerprint density at radius 2 is 1.68 bits per heavy atom. The van der Waals surface area contributed by atoms with Crippen molar-refractivity contribution < 1.29 is 10.2 Å². The number of rotatable bonds is 1. The number of phenols is 2. The van der Waals surface area contributed by atoms with Crippen molar-refractivity contribution in [1.82, 2.24) is 0 Å². The van der Waals surface area contributed by atoms with Crippen LogP contribution in [0.3, 0.4) is 0 Å². The molecule has 2 nitrogen and oxygen atoms in total. The standard InChI is InChI=1S/C20H28O2/c1-10(2)8-14-9-12(4)15-7-6-11(3)16-18(15)17(14)13(5)19(21)20(16)22/h8,11-12,14-15,21-22H,6-7,9H2,1-5H3/t11-,12-,14-,15+/m0/s1. The molecule has 0 saturated carbocycles. The molecule has 0 spiro atoms. The number of phenolic OH excluding ortho intramolecular Hbond substituents is 2. The lowest BCUT2D eigenvalue weighted by Crippen LogP contribution is -2.28. The maximum Gasteiger partial charge on any atom is 0.161 e. The van der Waals surface area contributed by atoms with Crippen molar-refractivity contribution >= 4 is 0 Å². The smallest absolute Gasteiger partial charge is 0.161 e. The minimum atomic E-state index is 0.1000. The van der Waals surface area contributed by atoms with Gasteiger partial charge in [-0.2, -0.15) is 0 Å². The third kappa shape index (κ3) is 2.15. The fourth-order valence-corrected chi connectivity index (χ4v) is 4.81. The van der Waals surface area contributed by atoms with Crippen LogP contribution in [0.5, 0.6) is 11.5 Å². The van der Waals surface area contributed by atoms with Crippen molar-refractivity contribution in [3.63, 3.8) is 0 Å². The second-order valence-corrected chi connectivity index (χ2v) is 7.71. The second-order valence-electron chi connectivity index (χ2n) is 7.71. The number of aromatic hydroxyl groups is 2. The Hall–Kier alpha value is -1.44. The van der Waals surface area contributed by atoms with E-state index in [0.717, 1.165) is 24.0 Å². The molecule has 4 atom stereocenters. The van der Waals surface area contributed by atoms with Crippen LogP contribution in [0.1, 0.15) is 87.0 Å². The molecule has 0 bridgehead atoms. The first-order valence-electron chi connectivity index (χ1n) is 8.56. The van der Waals surface area contributed by atoms with Crippen LogP contribution < -0.4 is 0 Å². The molecule has 1 aromatic rings. The van der Waals surface area contributed by atoms with Crippen LogP contribution >= 0.6 is 0 Å². The zero-order chi connectivity index (χ0) is 16.2. The van der Waals surface area contributed by atoms with Gasteiger partial charge >= 0.3 is 0 Å². The monoisotopic (exact) mass is 300 g/mol. The van der Waals surface area contributed by atoms with Crippen molar-refractivity contribution in [2.24, 2.45) is 5.92 Å². The Labute approximate surface area is 133 Å². The molecule has 0 amide bonds. The fourth-order valence-electron chi connectivity index (χ4n) is 4.81. The number of benzene rings is 1. The van der Waals surface area contributed by atoms with E-state index in [1.54, 1.807) is 0 Å². The highest BCUT2D eigenvalue weighted by molar-refractivity contribution is 5.63. The first-order valence-corrected chi connectivity index (χ1v) is 8.56. The van der Waals surface area contributed by atoms with Crippen LogP contribution in [0.2, 0.25) is 0 Å². The van der Waals surface area contributed by atoms with E-state index in [1.807, 2.05) is 6.92 Å². The van der Waals surface area contributed by atoms with Crippen LogP contribution in [-0.2, 0) is 0 Å². The number of hydrogen-bond donors (Lipinski definition) is 2. The second kappa shape index (κ2) is 5.33. The zero-order valence-corrected chi connectivity index (χ0v) is 14.4. The van der Waals surface area contributed by atoms with Gasteiger partial charge in [-0.3, -0.25) is 0 Å². The Morgan fingerprint density at radius 3 is 2.32 bits per heavy atom. The molecule has 0 aromatic heterocycles. The minimum Gasteiger partial charge on any atom is -0.504 e. The lowest BCUT2D eigenvalue weighted by molar-refractivity contribution is 0.318. The largest absolute Gasteiger partial charge is 0.504 e. The summed E-state index contributed by atoms with van der Waals surface area (Å²) in [6, 6.07) is 0. The number of allylic oxidation sites excluding steroid dienone is 2. The summed E-state index contributed by atoms with van der Waals surface area (Å²) in [4.78, 5) is 0. The molecule has 0 aliphatic heterocycles. The van der Waals surface area contributed by atoms with E-state index in [0.29, 0.717) is 23.7 Å². The molecule has 0 unspecified atom stereocenters. The first-order chi connectivity index (χ1) is 10.3. The maximum atomic E-state index is 10.5. The van der Waals surface area contributed by atoms with Crippen LogP contribution in [0.4, 0.5) is 0 Å². The van der Waals surface area contributed by atoms with E-state index >= 15 is 0 Å². The average Bonchev–Trinajstić information content (AvgIpc) is 2.43. The van der Waals surface area contributed by atoms with E-state index < -0.39 is 0 Å². The molecule has 2 aliphatic rings. The summed E-state index contributed by atoms with van der Waals surface area (Å²) in [5.74, 6) is 2.09. The Balaban J connectivity index is 2.33. The van der Waals surface area contributed by atoms with Gasteiger partial charge in [0.1, 0.15) is 0 Å². The highest BCUT2D eigenvalue weighted by Gasteiger charge is 2.40. The third-order valence-corrected chi connectivity index (χ3v) is 5.81. The van der Waals surface area contributed by atoms with Gasteiger partial charge < -0.3 is 10.2 Å². The molecule has 0 heterocycles. The van der Waals surface area contributed by atoms with Gasteiger partial charge in [0.15, 0.2) is 11.5 Å². The highest BCUT2D eigenvalue weighted by Crippen LogP contribution is 2.57. The molecule has 0 radical (unpaired) electrons. The highest BCUT2D eigenvalue weighted by atomic mass is 16.3. The van der Waals surface area contributed by atoms with Gasteiger partial charge in [-0.05, 0) is 74.5 Å². The van der Waals surface area contributed by atoms with Gasteiger partial charge in [-0.1, -0.05) is 25.5 Å². The summed E-state index contributed by atoms with van der Waals surface area (Å²) in [5.41, 5.74) is 5.87. The quantitative estimate of drug-likeness (QED) is 0.533. The van der Waals surface area contributed by atoms with Crippen LogP contribution in [0.25, 0.3) is 0 Å². The molecule has 0 saturated heterocycles. The summed E-state index contributed by atoms with van der Waals surface area (Å²) in [6.07, 6.45) is 5.78. The van der Waals surface area contributed by atoms with E-state index in [1.165, 1.54) is 23.1 Å². The van der Waals surface area contributed by atoms with Crippen molar-refractivity contribution in [3.05, 3.63) is 33.9 Å². The molecule has 2 heteroatoms. The molecule has 2 aliphatic carbocycles. The van der Waals surface area contributed by atoms with Gasteiger partial charge in [0.2, 0.25) is 0 Å². The Kier molecular flexibility index (Phi) is 3.74. The van der Waals surface area contributed by atoms with Crippen molar-refractivity contribution in [3.8, 4) is 11.5 Å². The lowest BCUT2D eigenvalue weighted by atomic mass is 9.62. The van der Waals surface area contributed by atoms with E-state index in [2.05, 4.69) is 33.8 Å². The van der Waals surface area contributed by atoms with E-state index in [4.69, 9.17) is 0 Å². The van der Waals surface area contributed by atoms with E-state index in [9.17, 15) is 10.2 Å². The lowest BCUT2D eigenvalue weighted by Gasteiger charge is -2.43. The predicted octanol–water partition coefficient (Wildman–Crippen LogP) is 5.48. The molecule has 2 N–H and O–H groups in total. The Morgan fingerprint density at radius 1 is 1.00 bits per heavy atom. The molecule has 22 heavy (non-hydrogen) atoms. The third-order valence-electron chi connectivity index (χ3n) is 5.81. The molecule has 0 fully saturated rings. The fraction of sp³-hybridized carbons (Fsp3) is 0.600. The molecule has 1 aromatic carbocycles. The number of hydrogen-bond acceptors (Lipinski definition) is 2.